The third kappa shape index (κ3) is 5.02. The van der Waals surface area contributed by atoms with Crippen LogP contribution in [0.25, 0.3) is 0 Å². The maximum absolute atomic E-state index is 13.5. The number of hydrazine groups is 1. The minimum absolute atomic E-state index is 0.114. The quantitative estimate of drug-likeness (QED) is 0.636. The van der Waals surface area contributed by atoms with Gasteiger partial charge in [-0.2, -0.15) is 0 Å². The molecule has 9 heteroatoms. The molecule has 1 heterocycles. The number of carbonyl (C=O) groups is 2. The van der Waals surface area contributed by atoms with E-state index in [1.807, 2.05) is 0 Å². The number of thiazole rings is 1. The summed E-state index contributed by atoms with van der Waals surface area (Å²) in [7, 11) is 0. The van der Waals surface area contributed by atoms with Crippen molar-refractivity contribution in [3.63, 3.8) is 0 Å². The summed E-state index contributed by atoms with van der Waals surface area (Å²) in [5.74, 6) is -1.44. The fourth-order valence-corrected chi connectivity index (χ4v) is 2.86. The van der Waals surface area contributed by atoms with Crippen molar-refractivity contribution in [2.75, 3.05) is 0 Å². The van der Waals surface area contributed by atoms with Gasteiger partial charge < -0.3 is 4.74 Å². The second kappa shape index (κ2) is 8.61. The summed E-state index contributed by atoms with van der Waals surface area (Å²) in [5, 5.41) is 2.72. The van der Waals surface area contributed by atoms with Gasteiger partial charge >= 0.3 is 0 Å². The van der Waals surface area contributed by atoms with Gasteiger partial charge in [-0.25, -0.2) is 9.37 Å². The van der Waals surface area contributed by atoms with Gasteiger partial charge in [0.05, 0.1) is 5.56 Å². The molecule has 0 saturated carbocycles. The standard InChI is InChI=1S/C18H13ClFN3O3S/c19-11-5-7-12(8-6-11)26-9-16-21-15(10-27-16)18(25)23-22-17(24)13-3-1-2-4-14(13)20/h1-8,10H,9H2,(H,22,24)(H,23,25). The number of ether oxygens (including phenoxy) is 1. The van der Waals surface area contributed by atoms with Gasteiger partial charge in [0.2, 0.25) is 0 Å². The van der Waals surface area contributed by atoms with Crippen molar-refractivity contribution in [2.45, 2.75) is 6.61 Å². The first-order valence-electron chi connectivity index (χ1n) is 7.71. The largest absolute Gasteiger partial charge is 0.486 e. The number of nitrogens with zero attached hydrogens (tertiary/aromatic N) is 1. The summed E-state index contributed by atoms with van der Waals surface area (Å²) in [6.07, 6.45) is 0. The molecule has 0 unspecified atom stereocenters. The fraction of sp³-hybridized carbons (Fsp3) is 0.0556. The number of halogens is 2. The van der Waals surface area contributed by atoms with Gasteiger partial charge in [0.15, 0.2) is 0 Å². The van der Waals surface area contributed by atoms with E-state index in [0.29, 0.717) is 15.8 Å². The molecule has 0 fully saturated rings. The molecule has 0 aliphatic carbocycles. The van der Waals surface area contributed by atoms with Crippen LogP contribution in [-0.2, 0) is 6.61 Å². The zero-order valence-corrected chi connectivity index (χ0v) is 15.3. The molecule has 0 bridgehead atoms. The van der Waals surface area contributed by atoms with Gasteiger partial charge in [0, 0.05) is 10.4 Å². The number of benzene rings is 2. The number of hydrogen-bond donors (Lipinski definition) is 2. The lowest BCUT2D eigenvalue weighted by Gasteiger charge is -2.06. The third-order valence-corrected chi connectivity index (χ3v) is 4.44. The van der Waals surface area contributed by atoms with Crippen molar-refractivity contribution in [1.82, 2.24) is 15.8 Å². The Balaban J connectivity index is 1.53. The first-order valence-corrected chi connectivity index (χ1v) is 8.96. The molecule has 27 heavy (non-hydrogen) atoms. The molecule has 3 aromatic rings. The average molecular weight is 406 g/mol. The first kappa shape index (κ1) is 18.8. The molecule has 1 aromatic heterocycles. The SMILES string of the molecule is O=C(NNC(=O)c1ccccc1F)c1csc(COc2ccc(Cl)cc2)n1. The monoisotopic (exact) mass is 405 g/mol. The molecule has 6 nitrogen and oxygen atoms in total. The van der Waals surface area contributed by atoms with Crippen LogP contribution in [0.3, 0.4) is 0 Å². The van der Waals surface area contributed by atoms with Crippen molar-refractivity contribution >= 4 is 34.8 Å². The van der Waals surface area contributed by atoms with Gasteiger partial charge in [-0.1, -0.05) is 23.7 Å². The molecule has 3 rings (SSSR count). The molecule has 2 N–H and O–H groups in total. The van der Waals surface area contributed by atoms with Gasteiger partial charge in [-0.05, 0) is 36.4 Å². The smallest absolute Gasteiger partial charge is 0.289 e. The van der Waals surface area contributed by atoms with Gasteiger partial charge in [-0.15, -0.1) is 11.3 Å². The Morgan fingerprint density at radius 2 is 1.78 bits per heavy atom. The Morgan fingerprint density at radius 1 is 1.07 bits per heavy atom. The normalized spacial score (nSPS) is 10.3. The molecule has 0 saturated heterocycles. The third-order valence-electron chi connectivity index (χ3n) is 3.37. The van der Waals surface area contributed by atoms with Crippen molar-refractivity contribution in [1.29, 1.82) is 0 Å². The molecular weight excluding hydrogens is 393 g/mol. The molecule has 0 aliphatic rings. The predicted octanol–water partition coefficient (Wildman–Crippen LogP) is 3.59. The number of aromatic nitrogens is 1. The zero-order chi connectivity index (χ0) is 19.2. The van der Waals surface area contributed by atoms with Crippen LogP contribution in [0.2, 0.25) is 5.02 Å². The molecular formula is C18H13ClFN3O3S. The molecule has 2 aromatic carbocycles. The molecule has 0 radical (unpaired) electrons. The minimum Gasteiger partial charge on any atom is -0.486 e. The zero-order valence-electron chi connectivity index (χ0n) is 13.7. The second-order valence-electron chi connectivity index (χ2n) is 5.26. The van der Waals surface area contributed by atoms with E-state index in [1.54, 1.807) is 24.3 Å². The van der Waals surface area contributed by atoms with Crippen LogP contribution in [0.1, 0.15) is 25.9 Å². The molecule has 0 atom stereocenters. The number of carbonyl (C=O) groups excluding carboxylic acids is 2. The van der Waals surface area contributed by atoms with E-state index in [1.165, 1.54) is 34.9 Å². The molecule has 0 spiro atoms. The lowest BCUT2D eigenvalue weighted by atomic mass is 10.2. The van der Waals surface area contributed by atoms with Crippen LogP contribution in [0.5, 0.6) is 5.75 Å². The highest BCUT2D eigenvalue weighted by Crippen LogP contribution is 2.18. The number of nitrogens with one attached hydrogen (secondary N) is 2. The van der Waals surface area contributed by atoms with Crippen LogP contribution < -0.4 is 15.6 Å². The van der Waals surface area contributed by atoms with Crippen LogP contribution >= 0.6 is 22.9 Å². The van der Waals surface area contributed by atoms with Crippen LogP contribution in [-0.4, -0.2) is 16.8 Å². The maximum Gasteiger partial charge on any atom is 0.289 e. The minimum atomic E-state index is -0.761. The van der Waals surface area contributed by atoms with Gasteiger partial charge in [0.1, 0.15) is 28.9 Å². The Labute approximate surface area is 162 Å². The van der Waals surface area contributed by atoms with E-state index in [-0.39, 0.29) is 17.9 Å². The summed E-state index contributed by atoms with van der Waals surface area (Å²) < 4.78 is 19.1. The van der Waals surface area contributed by atoms with Gasteiger partial charge in [-0.3, -0.25) is 20.4 Å². The fourth-order valence-electron chi connectivity index (χ4n) is 2.05. The number of hydrogen-bond acceptors (Lipinski definition) is 5. The predicted molar refractivity (Wildman–Crippen MR) is 99.2 cm³/mol. The summed E-state index contributed by atoms with van der Waals surface area (Å²) in [6, 6.07) is 12.3. The molecule has 2 amide bonds. The highest BCUT2D eigenvalue weighted by molar-refractivity contribution is 7.09. The number of rotatable bonds is 5. The van der Waals surface area contributed by atoms with Gasteiger partial charge in [0.25, 0.3) is 11.8 Å². The van der Waals surface area contributed by atoms with Crippen molar-refractivity contribution in [3.05, 3.63) is 81.0 Å². The van der Waals surface area contributed by atoms with E-state index in [9.17, 15) is 14.0 Å². The Bertz CT molecular complexity index is 962. The lowest BCUT2D eigenvalue weighted by Crippen LogP contribution is -2.42. The van der Waals surface area contributed by atoms with E-state index in [2.05, 4.69) is 15.8 Å². The Kier molecular flexibility index (Phi) is 6.00. The molecule has 138 valence electrons. The van der Waals surface area contributed by atoms with E-state index >= 15 is 0 Å². The lowest BCUT2D eigenvalue weighted by molar-refractivity contribution is 0.0842. The Morgan fingerprint density at radius 3 is 2.52 bits per heavy atom. The highest BCUT2D eigenvalue weighted by Gasteiger charge is 2.14. The van der Waals surface area contributed by atoms with E-state index in [4.69, 9.17) is 16.3 Å². The van der Waals surface area contributed by atoms with E-state index in [0.717, 1.165) is 6.07 Å². The summed E-state index contributed by atoms with van der Waals surface area (Å²) >= 11 is 7.04. The first-order chi connectivity index (χ1) is 13.0. The van der Waals surface area contributed by atoms with Crippen LogP contribution in [0.4, 0.5) is 4.39 Å². The number of amides is 2. The molecule has 0 aliphatic heterocycles. The van der Waals surface area contributed by atoms with Crippen LogP contribution in [0, 0.1) is 5.82 Å². The second-order valence-corrected chi connectivity index (χ2v) is 6.64. The summed E-state index contributed by atoms with van der Waals surface area (Å²) in [5.41, 5.74) is 4.30. The van der Waals surface area contributed by atoms with Crippen LogP contribution in [0.15, 0.2) is 53.9 Å². The maximum atomic E-state index is 13.5. The highest BCUT2D eigenvalue weighted by atomic mass is 35.5. The van der Waals surface area contributed by atoms with Crippen molar-refractivity contribution < 1.29 is 18.7 Å². The topological polar surface area (TPSA) is 80.3 Å². The van der Waals surface area contributed by atoms with E-state index < -0.39 is 17.6 Å². The van der Waals surface area contributed by atoms with Crippen molar-refractivity contribution in [3.8, 4) is 5.75 Å². The summed E-state index contributed by atoms with van der Waals surface area (Å²) in [4.78, 5) is 28.1. The summed E-state index contributed by atoms with van der Waals surface area (Å²) in [6.45, 7) is 0.182. The van der Waals surface area contributed by atoms with Crippen molar-refractivity contribution in [2.24, 2.45) is 0 Å². The Hall–Kier alpha value is -2.97. The average Bonchev–Trinajstić information content (AvgIpc) is 3.15.